The Balaban J connectivity index is 0.000000220. The molecule has 6 nitrogen and oxygen atoms in total. The molecule has 0 aliphatic heterocycles. The SMILES string of the molecule is CNC1CCCC(O)(O)C1=O.CNC1CCCCC1=O.c1ccccc1.c1ccccc1. The molecule has 2 unspecified atom stereocenters. The number of nitrogens with one attached hydrogen (secondary N) is 2. The van der Waals surface area contributed by atoms with Gasteiger partial charge in [0, 0.05) is 12.8 Å². The lowest BCUT2D eigenvalue weighted by molar-refractivity contribution is -0.192. The number of hydrogen-bond donors (Lipinski definition) is 4. The number of rotatable bonds is 2. The summed E-state index contributed by atoms with van der Waals surface area (Å²) in [6.07, 6.45) is 5.64. The van der Waals surface area contributed by atoms with E-state index in [4.69, 9.17) is 10.2 Å². The molecule has 32 heavy (non-hydrogen) atoms. The van der Waals surface area contributed by atoms with Crippen LogP contribution in [0.25, 0.3) is 0 Å². The second-order valence-corrected chi connectivity index (χ2v) is 7.78. The van der Waals surface area contributed by atoms with Gasteiger partial charge in [-0.05, 0) is 39.8 Å². The number of ketones is 2. The molecule has 176 valence electrons. The minimum absolute atomic E-state index is 0.157. The van der Waals surface area contributed by atoms with Gasteiger partial charge in [-0.3, -0.25) is 9.59 Å². The summed E-state index contributed by atoms with van der Waals surface area (Å²) < 4.78 is 0. The fourth-order valence-electron chi connectivity index (χ4n) is 3.42. The highest BCUT2D eigenvalue weighted by atomic mass is 16.5. The van der Waals surface area contributed by atoms with Crippen molar-refractivity contribution in [2.45, 2.75) is 62.8 Å². The van der Waals surface area contributed by atoms with E-state index < -0.39 is 17.6 Å². The second kappa shape index (κ2) is 16.3. The molecule has 2 aromatic carbocycles. The molecule has 0 saturated heterocycles. The molecule has 0 heterocycles. The van der Waals surface area contributed by atoms with Crippen molar-refractivity contribution in [3.8, 4) is 0 Å². The van der Waals surface area contributed by atoms with Crippen LogP contribution in [0.15, 0.2) is 72.8 Å². The molecule has 0 spiro atoms. The average molecular weight is 443 g/mol. The maximum Gasteiger partial charge on any atom is 0.225 e. The molecule has 4 rings (SSSR count). The molecule has 2 saturated carbocycles. The molecule has 0 bridgehead atoms. The number of carbonyl (C=O) groups is 2. The molecule has 2 aromatic rings. The van der Waals surface area contributed by atoms with Crippen molar-refractivity contribution >= 4 is 11.6 Å². The van der Waals surface area contributed by atoms with Gasteiger partial charge in [0.05, 0.1) is 12.1 Å². The van der Waals surface area contributed by atoms with E-state index in [0.717, 1.165) is 19.3 Å². The van der Waals surface area contributed by atoms with Crippen molar-refractivity contribution in [1.82, 2.24) is 10.6 Å². The van der Waals surface area contributed by atoms with Crippen molar-refractivity contribution < 1.29 is 19.8 Å². The molecule has 0 radical (unpaired) electrons. The third-order valence-corrected chi connectivity index (χ3v) is 5.31. The van der Waals surface area contributed by atoms with Gasteiger partial charge in [0.1, 0.15) is 5.78 Å². The summed E-state index contributed by atoms with van der Waals surface area (Å²) >= 11 is 0. The minimum atomic E-state index is -2.09. The van der Waals surface area contributed by atoms with Gasteiger partial charge in [-0.1, -0.05) is 79.2 Å². The van der Waals surface area contributed by atoms with Gasteiger partial charge in [-0.15, -0.1) is 0 Å². The molecule has 2 fully saturated rings. The van der Waals surface area contributed by atoms with Crippen molar-refractivity contribution in [2.75, 3.05) is 14.1 Å². The van der Waals surface area contributed by atoms with E-state index in [-0.39, 0.29) is 12.5 Å². The van der Waals surface area contributed by atoms with E-state index in [1.807, 2.05) is 79.8 Å². The maximum absolute atomic E-state index is 11.1. The topological polar surface area (TPSA) is 98.7 Å². The van der Waals surface area contributed by atoms with Crippen LogP contribution in [0.5, 0.6) is 0 Å². The Labute approximate surface area is 192 Å². The largest absolute Gasteiger partial charge is 0.360 e. The first-order valence-corrected chi connectivity index (χ1v) is 11.3. The first-order valence-electron chi connectivity index (χ1n) is 11.3. The summed E-state index contributed by atoms with van der Waals surface area (Å²) in [7, 11) is 3.50. The number of Topliss-reactive ketones (excluding diaryl/α,β-unsaturated/α-hetero) is 2. The molecule has 2 aliphatic carbocycles. The van der Waals surface area contributed by atoms with E-state index in [2.05, 4.69) is 10.6 Å². The Morgan fingerprint density at radius 2 is 1.09 bits per heavy atom. The summed E-state index contributed by atoms with van der Waals surface area (Å²) in [6.45, 7) is 0. The van der Waals surface area contributed by atoms with Gasteiger partial charge in [0.2, 0.25) is 11.6 Å². The molecular formula is C26H38N2O4. The highest BCUT2D eigenvalue weighted by molar-refractivity contribution is 5.90. The number of aliphatic hydroxyl groups is 2. The smallest absolute Gasteiger partial charge is 0.225 e. The highest BCUT2D eigenvalue weighted by Crippen LogP contribution is 2.22. The number of hydrogen-bond acceptors (Lipinski definition) is 6. The van der Waals surface area contributed by atoms with Gasteiger partial charge in [0.25, 0.3) is 0 Å². The van der Waals surface area contributed by atoms with Crippen LogP contribution in [0, 0.1) is 0 Å². The number of carbonyl (C=O) groups excluding carboxylic acids is 2. The second-order valence-electron chi connectivity index (χ2n) is 7.78. The summed E-state index contributed by atoms with van der Waals surface area (Å²) in [5.74, 6) is -2.21. The molecule has 0 aromatic heterocycles. The van der Waals surface area contributed by atoms with Crippen LogP contribution in [0.4, 0.5) is 0 Å². The Kier molecular flexibility index (Phi) is 14.1. The zero-order valence-corrected chi connectivity index (χ0v) is 19.2. The Morgan fingerprint density at radius 1 is 0.688 bits per heavy atom. The molecule has 0 amide bonds. The van der Waals surface area contributed by atoms with E-state index in [1.54, 1.807) is 7.05 Å². The van der Waals surface area contributed by atoms with E-state index in [1.165, 1.54) is 6.42 Å². The standard InChI is InChI=1S/C7H13NO3.C7H13NO.2C6H6/c1-8-5-3-2-4-7(10,11)6(5)9;1-8-6-4-2-3-5-7(6)9;2*1-2-4-6-5-3-1/h5,8,10-11H,2-4H2,1H3;6,8H,2-5H2,1H3;2*1-6H. The van der Waals surface area contributed by atoms with Gasteiger partial charge < -0.3 is 20.8 Å². The summed E-state index contributed by atoms with van der Waals surface area (Å²) in [5, 5.41) is 24.0. The van der Waals surface area contributed by atoms with Crippen molar-refractivity contribution in [1.29, 1.82) is 0 Å². The average Bonchev–Trinajstić information content (AvgIpc) is 2.84. The van der Waals surface area contributed by atoms with E-state index >= 15 is 0 Å². The maximum atomic E-state index is 11.1. The van der Waals surface area contributed by atoms with Crippen molar-refractivity contribution in [3.05, 3.63) is 72.8 Å². The lowest BCUT2D eigenvalue weighted by atomic mass is 9.89. The molecule has 6 heteroatoms. The molecule has 4 N–H and O–H groups in total. The van der Waals surface area contributed by atoms with Crippen LogP contribution >= 0.6 is 0 Å². The summed E-state index contributed by atoms with van der Waals surface area (Å²) in [6, 6.07) is 23.8. The molecular weight excluding hydrogens is 404 g/mol. The van der Waals surface area contributed by atoms with Crippen LogP contribution in [-0.2, 0) is 9.59 Å². The van der Waals surface area contributed by atoms with Gasteiger partial charge >= 0.3 is 0 Å². The lowest BCUT2D eigenvalue weighted by Gasteiger charge is -2.30. The van der Waals surface area contributed by atoms with Crippen LogP contribution in [0.1, 0.15) is 44.9 Å². The third kappa shape index (κ3) is 11.3. The predicted molar refractivity (Wildman–Crippen MR) is 128 cm³/mol. The highest BCUT2D eigenvalue weighted by Gasteiger charge is 2.40. The van der Waals surface area contributed by atoms with Gasteiger partial charge in [0.15, 0.2) is 0 Å². The van der Waals surface area contributed by atoms with E-state index in [0.29, 0.717) is 18.6 Å². The first kappa shape index (κ1) is 27.7. The van der Waals surface area contributed by atoms with Crippen molar-refractivity contribution in [3.63, 3.8) is 0 Å². The third-order valence-electron chi connectivity index (χ3n) is 5.31. The van der Waals surface area contributed by atoms with Gasteiger partial charge in [-0.25, -0.2) is 0 Å². The van der Waals surface area contributed by atoms with Crippen LogP contribution in [0.2, 0.25) is 0 Å². The quantitative estimate of drug-likeness (QED) is 0.534. The lowest BCUT2D eigenvalue weighted by Crippen LogP contribution is -2.52. The van der Waals surface area contributed by atoms with Crippen LogP contribution < -0.4 is 10.6 Å². The Morgan fingerprint density at radius 3 is 1.41 bits per heavy atom. The monoisotopic (exact) mass is 442 g/mol. The zero-order valence-electron chi connectivity index (χ0n) is 19.2. The number of benzene rings is 2. The predicted octanol–water partition coefficient (Wildman–Crippen LogP) is 3.10. The zero-order chi connectivity index (χ0) is 23.7. The fourth-order valence-corrected chi connectivity index (χ4v) is 3.42. The first-order chi connectivity index (χ1) is 15.4. The summed E-state index contributed by atoms with van der Waals surface area (Å²) in [5.41, 5.74) is 0. The normalized spacial score (nSPS) is 21.5. The number of likely N-dealkylation sites (N-methyl/N-ethyl adjacent to an activating group) is 2. The Bertz CT molecular complexity index is 653. The van der Waals surface area contributed by atoms with Crippen molar-refractivity contribution in [2.24, 2.45) is 0 Å². The van der Waals surface area contributed by atoms with Gasteiger partial charge in [-0.2, -0.15) is 0 Å². The molecule has 2 atom stereocenters. The molecule has 2 aliphatic rings. The summed E-state index contributed by atoms with van der Waals surface area (Å²) in [4.78, 5) is 22.1. The fraction of sp³-hybridized carbons (Fsp3) is 0.462. The Hall–Kier alpha value is -2.38. The van der Waals surface area contributed by atoms with Crippen LogP contribution in [-0.4, -0.2) is 53.7 Å². The van der Waals surface area contributed by atoms with Crippen LogP contribution in [0.3, 0.4) is 0 Å². The minimum Gasteiger partial charge on any atom is -0.360 e. The van der Waals surface area contributed by atoms with E-state index in [9.17, 15) is 9.59 Å².